The minimum atomic E-state index is -1.71. The minimum Gasteiger partial charge on any atom is -0.277 e. The van der Waals surface area contributed by atoms with Crippen molar-refractivity contribution in [1.29, 1.82) is 0 Å². The highest BCUT2D eigenvalue weighted by Gasteiger charge is 2.50. The van der Waals surface area contributed by atoms with Crippen LogP contribution in [0, 0.1) is 25.6 Å². The molecule has 0 bridgehead atoms. The number of imide groups is 2. The SMILES string of the molecule is O=C1NC(=O)C(Cc2ccc([N+](=O)[O-])cc2)(Cc2ccc([N+](=O)[O-])cc2)C(=O)N1. The Morgan fingerprint density at radius 1 is 0.690 bits per heavy atom. The van der Waals surface area contributed by atoms with Crippen molar-refractivity contribution in [3.8, 4) is 0 Å². The van der Waals surface area contributed by atoms with Gasteiger partial charge in [-0.2, -0.15) is 0 Å². The van der Waals surface area contributed by atoms with Gasteiger partial charge in [0.05, 0.1) is 9.85 Å². The van der Waals surface area contributed by atoms with E-state index in [1.54, 1.807) is 0 Å². The van der Waals surface area contributed by atoms with Crippen molar-refractivity contribution in [2.45, 2.75) is 12.8 Å². The van der Waals surface area contributed by atoms with Crippen LogP contribution in [0.15, 0.2) is 48.5 Å². The van der Waals surface area contributed by atoms with E-state index in [-0.39, 0.29) is 24.2 Å². The summed E-state index contributed by atoms with van der Waals surface area (Å²) in [5.74, 6) is -1.63. The van der Waals surface area contributed by atoms with E-state index in [4.69, 9.17) is 0 Å². The van der Waals surface area contributed by atoms with Crippen molar-refractivity contribution in [2.24, 2.45) is 5.41 Å². The Kier molecular flexibility index (Phi) is 5.05. The van der Waals surface area contributed by atoms with Crippen LogP contribution in [0.1, 0.15) is 11.1 Å². The lowest BCUT2D eigenvalue weighted by atomic mass is 9.74. The molecule has 2 N–H and O–H groups in total. The van der Waals surface area contributed by atoms with Gasteiger partial charge in [0, 0.05) is 24.3 Å². The van der Waals surface area contributed by atoms with Gasteiger partial charge in [-0.25, -0.2) is 4.79 Å². The maximum atomic E-state index is 12.7. The van der Waals surface area contributed by atoms with Crippen LogP contribution < -0.4 is 10.6 Å². The quantitative estimate of drug-likeness (QED) is 0.424. The summed E-state index contributed by atoms with van der Waals surface area (Å²) in [5, 5.41) is 25.8. The van der Waals surface area contributed by atoms with Crippen LogP contribution in [0.2, 0.25) is 0 Å². The number of rotatable bonds is 6. The van der Waals surface area contributed by atoms with Gasteiger partial charge >= 0.3 is 6.03 Å². The molecule has 0 aliphatic carbocycles. The molecule has 1 aliphatic heterocycles. The molecule has 2 aromatic rings. The van der Waals surface area contributed by atoms with Crippen LogP contribution in [0.4, 0.5) is 16.2 Å². The number of benzene rings is 2. The lowest BCUT2D eigenvalue weighted by Gasteiger charge is -2.34. The highest BCUT2D eigenvalue weighted by molar-refractivity contribution is 6.19. The Balaban J connectivity index is 1.96. The second-order valence-corrected chi connectivity index (χ2v) is 6.52. The molecule has 2 aromatic carbocycles. The predicted molar refractivity (Wildman–Crippen MR) is 97.7 cm³/mol. The summed E-state index contributed by atoms with van der Waals surface area (Å²) in [6.07, 6.45) is -0.264. The first-order valence-electron chi connectivity index (χ1n) is 8.35. The van der Waals surface area contributed by atoms with Crippen molar-refractivity contribution in [3.63, 3.8) is 0 Å². The van der Waals surface area contributed by atoms with Crippen molar-refractivity contribution >= 4 is 29.2 Å². The highest BCUT2D eigenvalue weighted by Crippen LogP contribution is 2.32. The van der Waals surface area contributed by atoms with Crippen LogP contribution in [0.25, 0.3) is 0 Å². The van der Waals surface area contributed by atoms with Crippen LogP contribution in [0.5, 0.6) is 0 Å². The van der Waals surface area contributed by atoms with E-state index >= 15 is 0 Å². The number of barbiturate groups is 1. The summed E-state index contributed by atoms with van der Waals surface area (Å²) >= 11 is 0. The molecular formula is C18H14N4O7. The third-order valence-electron chi connectivity index (χ3n) is 4.63. The third-order valence-corrected chi connectivity index (χ3v) is 4.63. The summed E-state index contributed by atoms with van der Waals surface area (Å²) in [6, 6.07) is 9.75. The number of nitro groups is 2. The van der Waals surface area contributed by atoms with Crippen molar-refractivity contribution in [2.75, 3.05) is 0 Å². The molecule has 148 valence electrons. The van der Waals surface area contributed by atoms with E-state index < -0.39 is 33.1 Å². The van der Waals surface area contributed by atoms with Gasteiger partial charge in [-0.3, -0.25) is 40.5 Å². The number of carbonyl (C=O) groups is 3. The zero-order chi connectivity index (χ0) is 21.2. The molecule has 1 saturated heterocycles. The zero-order valence-corrected chi connectivity index (χ0v) is 14.8. The first-order valence-corrected chi connectivity index (χ1v) is 8.35. The predicted octanol–water partition coefficient (Wildman–Crippen LogP) is 1.64. The van der Waals surface area contributed by atoms with Crippen molar-refractivity contribution < 1.29 is 24.2 Å². The van der Waals surface area contributed by atoms with Crippen LogP contribution in [0.3, 0.4) is 0 Å². The Hall–Kier alpha value is -4.15. The summed E-state index contributed by atoms with van der Waals surface area (Å²) in [5.41, 5.74) is -1.06. The monoisotopic (exact) mass is 398 g/mol. The standard InChI is InChI=1S/C18H14N4O7/c23-15-18(16(24)20-17(25)19-15,9-11-1-5-13(6-2-11)21(26)27)10-12-3-7-14(8-4-12)22(28)29/h1-8H,9-10H2,(H2,19,20,23,24,25). The van der Waals surface area contributed by atoms with Gasteiger partial charge in [0.15, 0.2) is 0 Å². The highest BCUT2D eigenvalue weighted by atomic mass is 16.6. The van der Waals surface area contributed by atoms with E-state index in [1.807, 2.05) is 0 Å². The van der Waals surface area contributed by atoms with Gasteiger partial charge in [-0.05, 0) is 24.0 Å². The first-order chi connectivity index (χ1) is 13.7. The van der Waals surface area contributed by atoms with E-state index in [0.29, 0.717) is 11.1 Å². The fraction of sp³-hybridized carbons (Fsp3) is 0.167. The Bertz CT molecular complexity index is 934. The Morgan fingerprint density at radius 3 is 1.34 bits per heavy atom. The number of hydrogen-bond donors (Lipinski definition) is 2. The molecule has 1 fully saturated rings. The Labute approximate surface area is 163 Å². The number of non-ortho nitro benzene ring substituents is 2. The second kappa shape index (κ2) is 7.46. The molecule has 0 spiro atoms. The fourth-order valence-electron chi connectivity index (χ4n) is 3.13. The van der Waals surface area contributed by atoms with Gasteiger partial charge in [0.1, 0.15) is 5.41 Å². The molecule has 1 aliphatic rings. The largest absolute Gasteiger partial charge is 0.328 e. The average molecular weight is 398 g/mol. The number of nitrogens with zero attached hydrogens (tertiary/aromatic N) is 2. The van der Waals surface area contributed by atoms with Crippen molar-refractivity contribution in [1.82, 2.24) is 10.6 Å². The number of nitrogens with one attached hydrogen (secondary N) is 2. The van der Waals surface area contributed by atoms with Gasteiger partial charge in [-0.15, -0.1) is 0 Å². The zero-order valence-electron chi connectivity index (χ0n) is 14.8. The van der Waals surface area contributed by atoms with E-state index in [9.17, 15) is 34.6 Å². The molecule has 0 atom stereocenters. The smallest absolute Gasteiger partial charge is 0.277 e. The van der Waals surface area contributed by atoms with E-state index in [0.717, 1.165) is 0 Å². The molecule has 0 unspecified atom stereocenters. The maximum Gasteiger partial charge on any atom is 0.328 e. The van der Waals surface area contributed by atoms with Gasteiger partial charge < -0.3 is 0 Å². The number of nitro benzene ring substituents is 2. The number of carbonyl (C=O) groups excluding carboxylic acids is 3. The molecular weight excluding hydrogens is 384 g/mol. The second-order valence-electron chi connectivity index (χ2n) is 6.52. The van der Waals surface area contributed by atoms with E-state index in [1.165, 1.54) is 48.5 Å². The third kappa shape index (κ3) is 3.93. The topological polar surface area (TPSA) is 162 Å². The molecule has 1 heterocycles. The normalized spacial score (nSPS) is 15.4. The fourth-order valence-corrected chi connectivity index (χ4v) is 3.13. The molecule has 0 radical (unpaired) electrons. The molecule has 11 heteroatoms. The van der Waals surface area contributed by atoms with Gasteiger partial charge in [0.2, 0.25) is 11.8 Å². The molecule has 3 rings (SSSR count). The number of urea groups is 1. The first kappa shape index (κ1) is 19.6. The average Bonchev–Trinajstić information content (AvgIpc) is 2.67. The van der Waals surface area contributed by atoms with Gasteiger partial charge in [0.25, 0.3) is 11.4 Å². The molecule has 29 heavy (non-hydrogen) atoms. The molecule has 0 saturated carbocycles. The summed E-state index contributed by atoms with van der Waals surface area (Å²) in [7, 11) is 0. The minimum absolute atomic E-state index is 0.132. The molecule has 11 nitrogen and oxygen atoms in total. The number of hydrogen-bond acceptors (Lipinski definition) is 7. The summed E-state index contributed by atoms with van der Waals surface area (Å²) < 4.78 is 0. The van der Waals surface area contributed by atoms with Gasteiger partial charge in [-0.1, -0.05) is 24.3 Å². The lowest BCUT2D eigenvalue weighted by Crippen LogP contribution is -2.64. The lowest BCUT2D eigenvalue weighted by molar-refractivity contribution is -0.385. The van der Waals surface area contributed by atoms with Crippen LogP contribution >= 0.6 is 0 Å². The summed E-state index contributed by atoms with van der Waals surface area (Å²) in [4.78, 5) is 57.4. The number of amides is 4. The van der Waals surface area contributed by atoms with E-state index in [2.05, 4.69) is 10.6 Å². The Morgan fingerprint density at radius 2 is 1.03 bits per heavy atom. The van der Waals surface area contributed by atoms with Crippen LogP contribution in [-0.2, 0) is 22.4 Å². The molecule has 4 amide bonds. The van der Waals surface area contributed by atoms with Crippen molar-refractivity contribution in [3.05, 3.63) is 79.9 Å². The van der Waals surface area contributed by atoms with Crippen LogP contribution in [-0.4, -0.2) is 27.7 Å². The maximum absolute atomic E-state index is 12.7. The summed E-state index contributed by atoms with van der Waals surface area (Å²) in [6.45, 7) is 0. The molecule has 0 aromatic heterocycles.